The molecule has 0 aromatic carbocycles. The van der Waals surface area contributed by atoms with Gasteiger partial charge in [0.2, 0.25) is 5.95 Å². The first-order valence-electron chi connectivity index (χ1n) is 11.1. The number of alkyl halides is 5. The minimum atomic E-state index is -4.52. The lowest BCUT2D eigenvalue weighted by molar-refractivity contribution is -0.137. The largest absolute Gasteiger partial charge is 0.416 e. The highest BCUT2D eigenvalue weighted by atomic mass is 19.4. The average Bonchev–Trinajstić information content (AvgIpc) is 3.26. The normalized spacial score (nSPS) is 20.0. The number of aromatic nitrogens is 4. The van der Waals surface area contributed by atoms with Gasteiger partial charge in [0.1, 0.15) is 11.6 Å². The van der Waals surface area contributed by atoms with Crippen LogP contribution in [0.25, 0.3) is 0 Å². The molecule has 0 saturated carbocycles. The van der Waals surface area contributed by atoms with Crippen molar-refractivity contribution in [3.8, 4) is 0 Å². The third kappa shape index (κ3) is 5.47. The minimum absolute atomic E-state index is 0.0235. The van der Waals surface area contributed by atoms with Crippen molar-refractivity contribution < 1.29 is 22.0 Å². The number of halogens is 5. The molecule has 0 radical (unpaired) electrons. The molecule has 0 aliphatic carbocycles. The molecule has 3 aromatic rings. The van der Waals surface area contributed by atoms with Crippen LogP contribution in [0, 0.1) is 0 Å². The van der Waals surface area contributed by atoms with E-state index in [2.05, 4.69) is 30.2 Å². The van der Waals surface area contributed by atoms with Gasteiger partial charge in [-0.2, -0.15) is 18.2 Å². The molecule has 3 aromatic heterocycles. The third-order valence-corrected chi connectivity index (χ3v) is 6.05. The number of pyridine rings is 2. The fourth-order valence-corrected chi connectivity index (χ4v) is 4.29. The lowest BCUT2D eigenvalue weighted by Gasteiger charge is -2.38. The molecular weight excluding hydrogens is 469 g/mol. The molecular formula is C23H22F5N7. The summed E-state index contributed by atoms with van der Waals surface area (Å²) in [6.45, 7) is 1.27. The van der Waals surface area contributed by atoms with Gasteiger partial charge >= 0.3 is 6.18 Å². The van der Waals surface area contributed by atoms with Gasteiger partial charge in [-0.25, -0.2) is 18.7 Å². The van der Waals surface area contributed by atoms with E-state index in [9.17, 15) is 22.0 Å². The predicted octanol–water partition coefficient (Wildman–Crippen LogP) is 4.47. The van der Waals surface area contributed by atoms with Crippen molar-refractivity contribution in [2.75, 3.05) is 36.4 Å². The molecule has 1 atom stereocenters. The summed E-state index contributed by atoms with van der Waals surface area (Å²) in [5.74, 6) is -2.51. The Balaban J connectivity index is 1.38. The Bertz CT molecular complexity index is 1180. The van der Waals surface area contributed by atoms with Gasteiger partial charge in [-0.1, -0.05) is 0 Å². The third-order valence-electron chi connectivity index (χ3n) is 6.05. The molecule has 0 bridgehead atoms. The second-order valence-electron chi connectivity index (χ2n) is 8.82. The summed E-state index contributed by atoms with van der Waals surface area (Å²) in [5.41, 5.74) is 0.927. The maximum absolute atomic E-state index is 13.5. The summed E-state index contributed by atoms with van der Waals surface area (Å²) in [6, 6.07) is 7.31. The highest BCUT2D eigenvalue weighted by Crippen LogP contribution is 2.35. The summed E-state index contributed by atoms with van der Waals surface area (Å²) in [4.78, 5) is 20.4. The van der Waals surface area contributed by atoms with Crippen LogP contribution in [0.2, 0.25) is 0 Å². The van der Waals surface area contributed by atoms with Crippen LogP contribution in [0.4, 0.5) is 39.5 Å². The van der Waals surface area contributed by atoms with E-state index in [1.165, 1.54) is 4.90 Å². The molecule has 5 heterocycles. The molecule has 1 unspecified atom stereocenters. The molecule has 2 aliphatic rings. The van der Waals surface area contributed by atoms with Crippen LogP contribution >= 0.6 is 0 Å². The van der Waals surface area contributed by atoms with Crippen molar-refractivity contribution in [3.63, 3.8) is 0 Å². The number of likely N-dealkylation sites (tertiary alicyclic amines) is 1. The summed E-state index contributed by atoms with van der Waals surface area (Å²) < 4.78 is 66.3. The second-order valence-corrected chi connectivity index (χ2v) is 8.82. The zero-order valence-electron chi connectivity index (χ0n) is 18.5. The molecule has 184 valence electrons. The van der Waals surface area contributed by atoms with Crippen LogP contribution in [0.1, 0.15) is 29.2 Å². The maximum atomic E-state index is 13.5. The first-order chi connectivity index (χ1) is 16.6. The predicted molar refractivity (Wildman–Crippen MR) is 119 cm³/mol. The Morgan fingerprint density at radius 1 is 1.00 bits per heavy atom. The molecule has 7 nitrogen and oxygen atoms in total. The zero-order chi connectivity index (χ0) is 24.6. The summed E-state index contributed by atoms with van der Waals surface area (Å²) in [7, 11) is 0. The van der Waals surface area contributed by atoms with E-state index in [4.69, 9.17) is 0 Å². The number of anilines is 3. The quantitative estimate of drug-likeness (QED) is 0.510. The molecule has 2 aliphatic heterocycles. The Hall–Kier alpha value is -3.41. The Morgan fingerprint density at radius 3 is 2.49 bits per heavy atom. The van der Waals surface area contributed by atoms with Crippen LogP contribution in [-0.2, 0) is 12.7 Å². The van der Waals surface area contributed by atoms with E-state index in [0.29, 0.717) is 12.2 Å². The van der Waals surface area contributed by atoms with Gasteiger partial charge in [0.05, 0.1) is 24.3 Å². The summed E-state index contributed by atoms with van der Waals surface area (Å²) in [6.07, 6.45) is 0.814. The summed E-state index contributed by atoms with van der Waals surface area (Å²) >= 11 is 0. The standard InChI is InChI=1S/C23H22F5N7/c24-22(25)13-35(14-22)21-31-18(16-4-8-34(12-16)11-15-1-5-29-6-2-15)10-20(33-21)32-19-9-17(3-7-30-19)23(26,27)28/h1-3,5-7,9-10,16H,4,8,11-14H2,(H,30,31,32,33). The molecule has 1 N–H and O–H groups in total. The van der Waals surface area contributed by atoms with Crippen molar-refractivity contribution in [2.45, 2.75) is 31.0 Å². The number of rotatable bonds is 6. The number of hydrogen-bond donors (Lipinski definition) is 1. The van der Waals surface area contributed by atoms with Gasteiger partial charge in [0.25, 0.3) is 5.92 Å². The van der Waals surface area contributed by atoms with Gasteiger partial charge in [-0.15, -0.1) is 0 Å². The van der Waals surface area contributed by atoms with Crippen molar-refractivity contribution in [3.05, 3.63) is 65.7 Å². The highest BCUT2D eigenvalue weighted by molar-refractivity contribution is 5.56. The number of nitrogens with one attached hydrogen (secondary N) is 1. The van der Waals surface area contributed by atoms with Crippen molar-refractivity contribution in [1.82, 2.24) is 24.8 Å². The van der Waals surface area contributed by atoms with Gasteiger partial charge in [0, 0.05) is 43.7 Å². The maximum Gasteiger partial charge on any atom is 0.416 e. The fraction of sp³-hybridized carbons (Fsp3) is 0.391. The molecule has 0 spiro atoms. The first-order valence-corrected chi connectivity index (χ1v) is 11.1. The first kappa shape index (κ1) is 23.3. The van der Waals surface area contributed by atoms with Gasteiger partial charge in [-0.05, 0) is 42.8 Å². The highest BCUT2D eigenvalue weighted by Gasteiger charge is 2.45. The van der Waals surface area contributed by atoms with Crippen LogP contribution < -0.4 is 10.2 Å². The number of hydrogen-bond acceptors (Lipinski definition) is 7. The Labute approximate surface area is 198 Å². The topological polar surface area (TPSA) is 70.1 Å². The molecule has 5 rings (SSSR count). The van der Waals surface area contributed by atoms with Gasteiger partial charge < -0.3 is 10.2 Å². The van der Waals surface area contributed by atoms with Gasteiger partial charge in [-0.3, -0.25) is 9.88 Å². The lowest BCUT2D eigenvalue weighted by atomic mass is 10.0. The summed E-state index contributed by atoms with van der Waals surface area (Å²) in [5, 5.41) is 2.80. The van der Waals surface area contributed by atoms with E-state index in [1.54, 1.807) is 18.5 Å². The van der Waals surface area contributed by atoms with E-state index >= 15 is 0 Å². The van der Waals surface area contributed by atoms with Crippen molar-refractivity contribution in [1.29, 1.82) is 0 Å². The lowest BCUT2D eigenvalue weighted by Crippen LogP contribution is -2.57. The van der Waals surface area contributed by atoms with Gasteiger partial charge in [0.15, 0.2) is 0 Å². The number of nitrogens with zero attached hydrogens (tertiary/aromatic N) is 6. The monoisotopic (exact) mass is 491 g/mol. The fourth-order valence-electron chi connectivity index (χ4n) is 4.29. The van der Waals surface area contributed by atoms with Crippen molar-refractivity contribution >= 4 is 17.6 Å². The molecule has 2 fully saturated rings. The molecule has 2 saturated heterocycles. The Morgan fingerprint density at radius 2 is 1.77 bits per heavy atom. The zero-order valence-corrected chi connectivity index (χ0v) is 18.5. The second kappa shape index (κ2) is 8.99. The molecule has 12 heteroatoms. The smallest absolute Gasteiger partial charge is 0.329 e. The van der Waals surface area contributed by atoms with Crippen LogP contribution in [-0.4, -0.2) is 56.9 Å². The molecule has 35 heavy (non-hydrogen) atoms. The average molecular weight is 491 g/mol. The van der Waals surface area contributed by atoms with E-state index < -0.39 is 30.8 Å². The van der Waals surface area contributed by atoms with Crippen LogP contribution in [0.5, 0.6) is 0 Å². The van der Waals surface area contributed by atoms with E-state index in [0.717, 1.165) is 43.4 Å². The minimum Gasteiger partial charge on any atom is -0.329 e. The molecule has 0 amide bonds. The van der Waals surface area contributed by atoms with E-state index in [1.807, 2.05) is 12.1 Å². The van der Waals surface area contributed by atoms with Crippen LogP contribution in [0.15, 0.2) is 48.9 Å². The Kier molecular flexibility index (Phi) is 5.99. The SMILES string of the molecule is FC1(F)CN(c2nc(Nc3cc(C(F)(F)F)ccn3)cc(C3CCN(Cc4ccncc4)C3)n2)C1. The van der Waals surface area contributed by atoms with Crippen molar-refractivity contribution in [2.24, 2.45) is 0 Å². The van der Waals surface area contributed by atoms with Crippen LogP contribution in [0.3, 0.4) is 0 Å². The van der Waals surface area contributed by atoms with E-state index in [-0.39, 0.29) is 23.5 Å².